The maximum Gasteiger partial charge on any atom is 0.395 e. The minimum absolute atomic E-state index is 0.0118. The lowest BCUT2D eigenvalue weighted by Gasteiger charge is -2.13. The number of benzene rings is 1. The van der Waals surface area contributed by atoms with Crippen molar-refractivity contribution in [3.8, 4) is 17.2 Å². The van der Waals surface area contributed by atoms with Crippen molar-refractivity contribution in [2.24, 2.45) is 4.74 Å². The van der Waals surface area contributed by atoms with E-state index in [0.717, 1.165) is 0 Å². The first-order valence-electron chi connectivity index (χ1n) is 9.28. The molecule has 9 nitrogen and oxygen atoms in total. The van der Waals surface area contributed by atoms with Gasteiger partial charge in [-0.2, -0.15) is 0 Å². The van der Waals surface area contributed by atoms with Crippen LogP contribution in [0.3, 0.4) is 0 Å². The molecule has 162 valence electrons. The first-order valence-corrected chi connectivity index (χ1v) is 10.4. The molecule has 10 heteroatoms. The van der Waals surface area contributed by atoms with Gasteiger partial charge in [0.2, 0.25) is 5.75 Å². The number of pyridine rings is 1. The number of carbonyl (C=O) groups excluding carboxylic acids is 1. The van der Waals surface area contributed by atoms with Gasteiger partial charge in [-0.1, -0.05) is 16.9 Å². The molecule has 0 saturated heterocycles. The second-order valence-corrected chi connectivity index (χ2v) is 7.58. The molecule has 30 heavy (non-hydrogen) atoms. The maximum atomic E-state index is 12.2. The molecule has 2 rings (SSSR count). The zero-order chi connectivity index (χ0) is 22.3. The zero-order valence-corrected chi connectivity index (χ0v) is 18.1. The number of ether oxygens (including phenoxy) is 2. The highest BCUT2D eigenvalue weighted by Crippen LogP contribution is 2.34. The third-order valence-corrected chi connectivity index (χ3v) is 4.85. The molecule has 0 radical (unpaired) electrons. The van der Waals surface area contributed by atoms with Gasteiger partial charge >= 0.3 is 14.1 Å². The minimum atomic E-state index is -2.55. The van der Waals surface area contributed by atoms with Crippen molar-refractivity contribution in [2.75, 3.05) is 0 Å². The van der Waals surface area contributed by atoms with E-state index in [1.807, 2.05) is 0 Å². The van der Waals surface area contributed by atoms with E-state index in [1.165, 1.54) is 13.1 Å². The highest BCUT2D eigenvalue weighted by molar-refractivity contribution is 7.34. The summed E-state index contributed by atoms with van der Waals surface area (Å²) in [5, 5.41) is 19.6. The SMILES string of the molecule is Cc1ncc(COc2ccccc2O[P+]([O-])=N[C@H](C)C(=O)OC(C)C)c(CO)c1O. The summed E-state index contributed by atoms with van der Waals surface area (Å²) in [5.74, 6) is -0.240. The normalized spacial score (nSPS) is 12.6. The molecule has 0 amide bonds. The molecule has 0 aliphatic rings. The van der Waals surface area contributed by atoms with E-state index in [4.69, 9.17) is 14.0 Å². The van der Waals surface area contributed by atoms with Gasteiger partial charge < -0.3 is 24.6 Å². The van der Waals surface area contributed by atoms with Gasteiger partial charge in [0.25, 0.3) is 0 Å². The molecular formula is C20H25N2O7P. The summed E-state index contributed by atoms with van der Waals surface area (Å²) < 4.78 is 19.9. The molecular weight excluding hydrogens is 411 g/mol. The van der Waals surface area contributed by atoms with Crippen LogP contribution in [0.1, 0.15) is 37.6 Å². The first kappa shape index (κ1) is 23.5. The number of rotatable bonds is 9. The average molecular weight is 436 g/mol. The number of aromatic nitrogens is 1. The summed E-state index contributed by atoms with van der Waals surface area (Å²) in [6.45, 7) is 6.13. The Bertz CT molecular complexity index is 918. The number of esters is 1. The van der Waals surface area contributed by atoms with Crippen molar-refractivity contribution < 1.29 is 33.9 Å². The van der Waals surface area contributed by atoms with Crippen LogP contribution in [0, 0.1) is 6.92 Å². The predicted molar refractivity (Wildman–Crippen MR) is 108 cm³/mol. The van der Waals surface area contributed by atoms with E-state index in [1.54, 1.807) is 45.0 Å². The molecule has 1 aromatic heterocycles. The van der Waals surface area contributed by atoms with E-state index in [-0.39, 0.29) is 36.6 Å². The number of para-hydroxylation sites is 2. The Morgan fingerprint density at radius 3 is 2.57 bits per heavy atom. The van der Waals surface area contributed by atoms with E-state index < -0.39 is 20.2 Å². The molecule has 1 unspecified atom stereocenters. The number of aliphatic hydroxyl groups excluding tert-OH is 1. The van der Waals surface area contributed by atoms with Crippen molar-refractivity contribution in [3.63, 3.8) is 0 Å². The molecule has 0 fully saturated rings. The van der Waals surface area contributed by atoms with Gasteiger partial charge in [0.05, 0.1) is 18.4 Å². The third kappa shape index (κ3) is 6.38. The van der Waals surface area contributed by atoms with Gasteiger partial charge in [-0.3, -0.25) is 9.51 Å². The van der Waals surface area contributed by atoms with E-state index in [2.05, 4.69) is 9.73 Å². The van der Waals surface area contributed by atoms with Crippen LogP contribution in [0.15, 0.2) is 35.2 Å². The first-order chi connectivity index (χ1) is 14.2. The van der Waals surface area contributed by atoms with E-state index in [9.17, 15) is 19.9 Å². The highest BCUT2D eigenvalue weighted by atomic mass is 31.1. The van der Waals surface area contributed by atoms with Gasteiger partial charge in [-0.05, 0) is 39.8 Å². The standard InChI is InChI=1S/C20H25N2O7P/c1-12(2)28-20(25)14(4)22-30(26)29-18-8-6-5-7-17(18)27-11-15-9-21-13(3)19(24)16(15)10-23/h5-9,12,14,23-24H,10-11H2,1-4H3/t14-/m1/s1. The Balaban J connectivity index is 2.12. The fourth-order valence-corrected chi connectivity index (χ4v) is 3.16. The molecule has 1 heterocycles. The molecule has 2 aromatic rings. The van der Waals surface area contributed by atoms with Gasteiger partial charge in [0.1, 0.15) is 12.4 Å². The van der Waals surface area contributed by atoms with Gasteiger partial charge in [0.15, 0.2) is 11.8 Å². The summed E-state index contributed by atoms with van der Waals surface area (Å²) in [4.78, 5) is 28.1. The Kier molecular flexibility index (Phi) is 8.53. The topological polar surface area (TPSA) is 134 Å². The summed E-state index contributed by atoms with van der Waals surface area (Å²) >= 11 is 0. The highest BCUT2D eigenvalue weighted by Gasteiger charge is 2.21. The number of aromatic hydroxyl groups is 1. The minimum Gasteiger partial charge on any atom is -0.575 e. The van der Waals surface area contributed by atoms with Crippen LogP contribution in [0.5, 0.6) is 17.2 Å². The van der Waals surface area contributed by atoms with Crippen LogP contribution in [-0.4, -0.2) is 33.3 Å². The lowest BCUT2D eigenvalue weighted by Crippen LogP contribution is -2.21. The Hall–Kier alpha value is -2.74. The molecule has 0 aliphatic carbocycles. The number of aliphatic hydroxyl groups is 1. The molecule has 0 bridgehead atoms. The Labute approximate surface area is 175 Å². The lowest BCUT2D eigenvalue weighted by molar-refractivity contribution is -0.170. The van der Waals surface area contributed by atoms with Crippen LogP contribution in [-0.2, 0) is 22.7 Å². The Morgan fingerprint density at radius 2 is 1.93 bits per heavy atom. The third-order valence-electron chi connectivity index (χ3n) is 3.96. The van der Waals surface area contributed by atoms with E-state index >= 15 is 0 Å². The van der Waals surface area contributed by atoms with Crippen LogP contribution in [0.25, 0.3) is 0 Å². The number of hydrogen-bond acceptors (Lipinski definition) is 9. The second kappa shape index (κ2) is 10.9. The lowest BCUT2D eigenvalue weighted by atomic mass is 10.1. The largest absolute Gasteiger partial charge is 0.575 e. The smallest absolute Gasteiger partial charge is 0.395 e. The maximum absolute atomic E-state index is 12.2. The summed E-state index contributed by atoms with van der Waals surface area (Å²) in [5.41, 5.74) is 1.21. The van der Waals surface area contributed by atoms with Crippen LogP contribution in [0.2, 0.25) is 0 Å². The summed E-state index contributed by atoms with van der Waals surface area (Å²) in [6.07, 6.45) is 1.20. The number of aryl methyl sites for hydroxylation is 1. The van der Waals surface area contributed by atoms with Crippen molar-refractivity contribution in [3.05, 3.63) is 47.3 Å². The van der Waals surface area contributed by atoms with Crippen molar-refractivity contribution in [1.29, 1.82) is 0 Å². The summed E-state index contributed by atoms with van der Waals surface area (Å²) in [7, 11) is -2.55. The van der Waals surface area contributed by atoms with Crippen molar-refractivity contribution in [1.82, 2.24) is 4.98 Å². The average Bonchev–Trinajstić information content (AvgIpc) is 2.69. The van der Waals surface area contributed by atoms with Crippen LogP contribution < -0.4 is 14.2 Å². The molecule has 2 N–H and O–H groups in total. The van der Waals surface area contributed by atoms with Crippen LogP contribution in [0.4, 0.5) is 0 Å². The predicted octanol–water partition coefficient (Wildman–Crippen LogP) is 2.74. The van der Waals surface area contributed by atoms with Crippen LogP contribution >= 0.6 is 8.17 Å². The second-order valence-electron chi connectivity index (χ2n) is 6.70. The zero-order valence-electron chi connectivity index (χ0n) is 17.2. The molecule has 2 atom stereocenters. The fraction of sp³-hybridized carbons (Fsp3) is 0.400. The number of hydrogen-bond donors (Lipinski definition) is 2. The van der Waals surface area contributed by atoms with Gasteiger partial charge in [-0.15, -0.1) is 0 Å². The molecule has 0 aliphatic heterocycles. The quantitative estimate of drug-likeness (QED) is 0.453. The van der Waals surface area contributed by atoms with Gasteiger partial charge in [-0.25, -0.2) is 4.79 Å². The van der Waals surface area contributed by atoms with Gasteiger partial charge in [0, 0.05) is 17.3 Å². The van der Waals surface area contributed by atoms with E-state index in [0.29, 0.717) is 16.8 Å². The fourth-order valence-electron chi connectivity index (χ4n) is 2.41. The Morgan fingerprint density at radius 1 is 1.27 bits per heavy atom. The molecule has 1 aromatic carbocycles. The van der Waals surface area contributed by atoms with Crippen molar-refractivity contribution in [2.45, 2.75) is 53.1 Å². The summed E-state index contributed by atoms with van der Waals surface area (Å²) in [6, 6.07) is 5.58. The molecule has 0 saturated carbocycles. The monoisotopic (exact) mass is 436 g/mol. The van der Waals surface area contributed by atoms with Crippen molar-refractivity contribution >= 4 is 14.1 Å². The number of nitrogens with zero attached hydrogens (tertiary/aromatic N) is 2. The number of carbonyl (C=O) groups is 1. The molecule has 0 spiro atoms.